The number of ether oxygens (including phenoxy) is 1. The van der Waals surface area contributed by atoms with Crippen molar-refractivity contribution in [2.75, 3.05) is 31.1 Å². The van der Waals surface area contributed by atoms with E-state index in [0.29, 0.717) is 26.2 Å². The third kappa shape index (κ3) is 6.47. The summed E-state index contributed by atoms with van der Waals surface area (Å²) in [5.41, 5.74) is 0.352. The lowest BCUT2D eigenvalue weighted by molar-refractivity contribution is -0.143. The molecule has 148 valence electrons. The summed E-state index contributed by atoms with van der Waals surface area (Å²) in [6.45, 7) is 7.40. The first-order valence-electron chi connectivity index (χ1n) is 8.96. The van der Waals surface area contributed by atoms with Crippen LogP contribution in [0.3, 0.4) is 0 Å². The molecule has 8 heteroatoms. The summed E-state index contributed by atoms with van der Waals surface area (Å²) < 4.78 is 5.06. The van der Waals surface area contributed by atoms with Crippen molar-refractivity contribution in [2.45, 2.75) is 38.8 Å². The van der Waals surface area contributed by atoms with Gasteiger partial charge >= 0.3 is 12.1 Å². The first kappa shape index (κ1) is 20.5. The number of nitrogens with one attached hydrogen (secondary N) is 1. The Bertz CT molecular complexity index is 664. The van der Waals surface area contributed by atoms with Crippen molar-refractivity contribution in [2.24, 2.45) is 0 Å². The van der Waals surface area contributed by atoms with Gasteiger partial charge in [-0.1, -0.05) is 18.2 Å². The zero-order chi connectivity index (χ0) is 20.0. The van der Waals surface area contributed by atoms with Crippen molar-refractivity contribution in [1.29, 1.82) is 0 Å². The quantitative estimate of drug-likeness (QED) is 0.810. The zero-order valence-electron chi connectivity index (χ0n) is 16.0. The predicted octanol–water partition coefficient (Wildman–Crippen LogP) is 1.70. The highest BCUT2D eigenvalue weighted by Crippen LogP contribution is 2.16. The summed E-state index contributed by atoms with van der Waals surface area (Å²) in [4.78, 5) is 39.5. The maximum Gasteiger partial charge on any atom is 0.408 e. The molecule has 2 rings (SSSR count). The van der Waals surface area contributed by atoms with Gasteiger partial charge < -0.3 is 25.0 Å². The highest BCUT2D eigenvalue weighted by Gasteiger charge is 2.29. The van der Waals surface area contributed by atoms with E-state index in [1.807, 2.05) is 30.3 Å². The minimum absolute atomic E-state index is 0.300. The Morgan fingerprint density at radius 2 is 1.70 bits per heavy atom. The van der Waals surface area contributed by atoms with Crippen LogP contribution in [0.25, 0.3) is 0 Å². The highest BCUT2D eigenvalue weighted by atomic mass is 16.6. The van der Waals surface area contributed by atoms with Crippen molar-refractivity contribution >= 4 is 23.7 Å². The summed E-state index contributed by atoms with van der Waals surface area (Å²) in [6, 6.07) is 8.59. The molecule has 1 atom stereocenters. The number of carboxylic acids is 1. The molecule has 2 amide bonds. The van der Waals surface area contributed by atoms with E-state index in [1.165, 1.54) is 0 Å². The Kier molecular flexibility index (Phi) is 6.65. The third-order valence-corrected chi connectivity index (χ3v) is 4.12. The minimum Gasteiger partial charge on any atom is -0.480 e. The van der Waals surface area contributed by atoms with Crippen LogP contribution in [0.2, 0.25) is 0 Å². The molecule has 0 unspecified atom stereocenters. The summed E-state index contributed by atoms with van der Waals surface area (Å²) in [5, 5.41) is 11.6. The first-order valence-corrected chi connectivity index (χ1v) is 8.96. The highest BCUT2D eigenvalue weighted by molar-refractivity contribution is 5.87. The number of hydrogen-bond donors (Lipinski definition) is 2. The lowest BCUT2D eigenvalue weighted by Crippen LogP contribution is -2.51. The Balaban J connectivity index is 1.87. The number of aliphatic carboxylic acids is 1. The number of para-hydroxylation sites is 1. The minimum atomic E-state index is -1.32. The van der Waals surface area contributed by atoms with Crippen molar-refractivity contribution in [3.05, 3.63) is 30.3 Å². The van der Waals surface area contributed by atoms with Crippen LogP contribution in [0.15, 0.2) is 30.3 Å². The molecule has 1 saturated heterocycles. The molecule has 0 bridgehead atoms. The molecule has 1 aromatic carbocycles. The Hall–Kier alpha value is -2.77. The predicted molar refractivity (Wildman–Crippen MR) is 101 cm³/mol. The third-order valence-electron chi connectivity index (χ3n) is 4.12. The fourth-order valence-corrected chi connectivity index (χ4v) is 2.81. The lowest BCUT2D eigenvalue weighted by Gasteiger charge is -2.36. The van der Waals surface area contributed by atoms with E-state index in [2.05, 4.69) is 10.2 Å². The van der Waals surface area contributed by atoms with Crippen LogP contribution < -0.4 is 10.2 Å². The number of carbonyl (C=O) groups is 3. The smallest absolute Gasteiger partial charge is 0.408 e. The molecule has 0 radical (unpaired) electrons. The van der Waals surface area contributed by atoms with E-state index >= 15 is 0 Å². The largest absolute Gasteiger partial charge is 0.480 e. The molecule has 1 aliphatic rings. The zero-order valence-corrected chi connectivity index (χ0v) is 16.0. The number of alkyl carbamates (subject to hydrolysis) is 1. The van der Waals surface area contributed by atoms with Crippen molar-refractivity contribution < 1.29 is 24.2 Å². The maximum atomic E-state index is 12.5. The van der Waals surface area contributed by atoms with E-state index in [9.17, 15) is 19.5 Å². The Labute approximate surface area is 159 Å². The number of piperazine rings is 1. The second kappa shape index (κ2) is 8.75. The van der Waals surface area contributed by atoms with Crippen LogP contribution in [0, 0.1) is 0 Å². The number of carboxylic acid groups (broad SMARTS) is 1. The van der Waals surface area contributed by atoms with Crippen LogP contribution in [0.4, 0.5) is 10.5 Å². The SMILES string of the molecule is CC(C)(C)OC(=O)N[C@@H](CC(=O)N1CCN(c2ccccc2)CC1)C(=O)O. The van der Waals surface area contributed by atoms with Gasteiger partial charge in [0.05, 0.1) is 6.42 Å². The second-order valence-corrected chi connectivity index (χ2v) is 7.44. The normalized spacial score (nSPS) is 15.8. The Morgan fingerprint density at radius 1 is 1.11 bits per heavy atom. The molecular weight excluding hydrogens is 350 g/mol. The number of hydrogen-bond acceptors (Lipinski definition) is 5. The fraction of sp³-hybridized carbons (Fsp3) is 0.526. The van der Waals surface area contributed by atoms with Gasteiger partial charge in [-0.25, -0.2) is 9.59 Å². The van der Waals surface area contributed by atoms with Crippen LogP contribution in [-0.2, 0) is 14.3 Å². The first-order chi connectivity index (χ1) is 12.7. The number of carbonyl (C=O) groups excluding carboxylic acids is 2. The topological polar surface area (TPSA) is 99.2 Å². The number of anilines is 1. The van der Waals surface area contributed by atoms with Gasteiger partial charge in [0.25, 0.3) is 0 Å². The van der Waals surface area contributed by atoms with Gasteiger partial charge in [0, 0.05) is 31.9 Å². The standard InChI is InChI=1S/C19H27N3O5/c1-19(2,3)27-18(26)20-15(17(24)25)13-16(23)22-11-9-21(10-12-22)14-7-5-4-6-8-14/h4-8,15H,9-13H2,1-3H3,(H,20,26)(H,24,25)/t15-/m0/s1. The van der Waals surface area contributed by atoms with Gasteiger partial charge in [0.1, 0.15) is 11.6 Å². The second-order valence-electron chi connectivity index (χ2n) is 7.44. The van der Waals surface area contributed by atoms with E-state index in [0.717, 1.165) is 5.69 Å². The van der Waals surface area contributed by atoms with Crippen molar-refractivity contribution in [1.82, 2.24) is 10.2 Å². The van der Waals surface area contributed by atoms with Gasteiger partial charge in [0.15, 0.2) is 0 Å². The fourth-order valence-electron chi connectivity index (χ4n) is 2.81. The van der Waals surface area contributed by atoms with E-state index in [1.54, 1.807) is 25.7 Å². The van der Waals surface area contributed by atoms with E-state index in [-0.39, 0.29) is 12.3 Å². The van der Waals surface area contributed by atoms with Gasteiger partial charge in [-0.2, -0.15) is 0 Å². The molecule has 0 aromatic heterocycles. The molecule has 1 aliphatic heterocycles. The molecule has 8 nitrogen and oxygen atoms in total. The summed E-state index contributed by atoms with van der Waals surface area (Å²) in [6.07, 6.45) is -1.16. The van der Waals surface area contributed by atoms with Crippen molar-refractivity contribution in [3.63, 3.8) is 0 Å². The van der Waals surface area contributed by atoms with Crippen LogP contribution in [-0.4, -0.2) is 65.8 Å². The van der Waals surface area contributed by atoms with Gasteiger partial charge in [0.2, 0.25) is 5.91 Å². The summed E-state index contributed by atoms with van der Waals surface area (Å²) in [5.74, 6) is -1.57. The molecule has 1 heterocycles. The van der Waals surface area contributed by atoms with Gasteiger partial charge in [-0.3, -0.25) is 4.79 Å². The molecule has 1 aromatic rings. The van der Waals surface area contributed by atoms with Crippen LogP contribution in [0.5, 0.6) is 0 Å². The molecular formula is C19H27N3O5. The van der Waals surface area contributed by atoms with Gasteiger partial charge in [-0.15, -0.1) is 0 Å². The molecule has 27 heavy (non-hydrogen) atoms. The average molecular weight is 377 g/mol. The van der Waals surface area contributed by atoms with Crippen LogP contribution >= 0.6 is 0 Å². The van der Waals surface area contributed by atoms with Gasteiger partial charge in [-0.05, 0) is 32.9 Å². The summed E-state index contributed by atoms with van der Waals surface area (Å²) >= 11 is 0. The monoisotopic (exact) mass is 377 g/mol. The average Bonchev–Trinajstić information content (AvgIpc) is 2.60. The molecule has 0 aliphatic carbocycles. The number of benzene rings is 1. The number of rotatable bonds is 5. The maximum absolute atomic E-state index is 12.5. The molecule has 0 spiro atoms. The number of amides is 2. The number of nitrogens with zero attached hydrogens (tertiary/aromatic N) is 2. The van der Waals surface area contributed by atoms with E-state index in [4.69, 9.17) is 4.74 Å². The molecule has 1 fully saturated rings. The van der Waals surface area contributed by atoms with E-state index < -0.39 is 23.7 Å². The Morgan fingerprint density at radius 3 is 2.22 bits per heavy atom. The molecule has 0 saturated carbocycles. The molecule has 2 N–H and O–H groups in total. The van der Waals surface area contributed by atoms with Crippen molar-refractivity contribution in [3.8, 4) is 0 Å². The lowest BCUT2D eigenvalue weighted by atomic mass is 10.1. The van der Waals surface area contributed by atoms with Crippen LogP contribution in [0.1, 0.15) is 27.2 Å². The summed E-state index contributed by atoms with van der Waals surface area (Å²) in [7, 11) is 0.